The smallest absolute Gasteiger partial charge is 0.416 e. The average molecular weight is 424 g/mol. The number of hydrogen-bond acceptors (Lipinski definition) is 1. The maximum absolute atomic E-state index is 13.2. The van der Waals surface area contributed by atoms with Crippen molar-refractivity contribution in [2.45, 2.75) is 26.4 Å². The molecule has 0 unspecified atom stereocenters. The van der Waals surface area contributed by atoms with Crippen molar-refractivity contribution in [1.29, 1.82) is 0 Å². The van der Waals surface area contributed by atoms with Gasteiger partial charge in [-0.15, -0.1) is 0 Å². The molecular formula is C26H20F4O. The van der Waals surface area contributed by atoms with E-state index in [9.17, 15) is 17.6 Å². The van der Waals surface area contributed by atoms with Gasteiger partial charge in [0.1, 0.15) is 17.3 Å². The minimum atomic E-state index is -4.37. The molecular weight excluding hydrogens is 404 g/mol. The molecule has 0 radical (unpaired) electrons. The van der Waals surface area contributed by atoms with E-state index in [0.29, 0.717) is 23.5 Å². The summed E-state index contributed by atoms with van der Waals surface area (Å²) in [5, 5.41) is 0. The van der Waals surface area contributed by atoms with Crippen LogP contribution in [0.25, 0.3) is 17.2 Å². The van der Waals surface area contributed by atoms with E-state index in [0.717, 1.165) is 33.9 Å². The van der Waals surface area contributed by atoms with Crippen LogP contribution in [0.5, 0.6) is 11.5 Å². The van der Waals surface area contributed by atoms with Crippen LogP contribution >= 0.6 is 0 Å². The molecule has 0 amide bonds. The average Bonchev–Trinajstić information content (AvgIpc) is 3.00. The van der Waals surface area contributed by atoms with Crippen molar-refractivity contribution in [2.75, 3.05) is 0 Å². The largest absolute Gasteiger partial charge is 0.457 e. The molecule has 0 atom stereocenters. The molecule has 0 bridgehead atoms. The molecule has 0 heterocycles. The molecule has 31 heavy (non-hydrogen) atoms. The van der Waals surface area contributed by atoms with Crippen molar-refractivity contribution < 1.29 is 22.3 Å². The lowest BCUT2D eigenvalue weighted by molar-refractivity contribution is -0.137. The van der Waals surface area contributed by atoms with Gasteiger partial charge in [0.2, 0.25) is 0 Å². The van der Waals surface area contributed by atoms with E-state index in [4.69, 9.17) is 4.74 Å². The molecule has 3 aromatic carbocycles. The third-order valence-corrected chi connectivity index (χ3v) is 5.41. The summed E-state index contributed by atoms with van der Waals surface area (Å²) in [6.45, 7) is 3.90. The Bertz CT molecular complexity index is 1170. The summed E-state index contributed by atoms with van der Waals surface area (Å²) in [5.74, 6) is 0.810. The van der Waals surface area contributed by atoms with Gasteiger partial charge in [0.15, 0.2) is 0 Å². The van der Waals surface area contributed by atoms with E-state index in [1.54, 1.807) is 30.3 Å². The monoisotopic (exact) mass is 424 g/mol. The third-order valence-electron chi connectivity index (χ3n) is 5.41. The summed E-state index contributed by atoms with van der Waals surface area (Å²) in [6, 6.07) is 17.1. The fourth-order valence-corrected chi connectivity index (χ4v) is 3.85. The summed E-state index contributed by atoms with van der Waals surface area (Å²) in [4.78, 5) is 0. The van der Waals surface area contributed by atoms with E-state index in [1.165, 1.54) is 18.2 Å². The van der Waals surface area contributed by atoms with Crippen molar-refractivity contribution in [1.82, 2.24) is 0 Å². The van der Waals surface area contributed by atoms with Crippen molar-refractivity contribution >= 4 is 17.2 Å². The van der Waals surface area contributed by atoms with E-state index in [2.05, 4.69) is 0 Å². The highest BCUT2D eigenvalue weighted by Crippen LogP contribution is 2.45. The molecule has 3 aromatic rings. The predicted octanol–water partition coefficient (Wildman–Crippen LogP) is 8.37. The molecule has 0 saturated carbocycles. The van der Waals surface area contributed by atoms with E-state index >= 15 is 0 Å². The summed E-state index contributed by atoms with van der Waals surface area (Å²) in [6.07, 6.45) is -1.73. The lowest BCUT2D eigenvalue weighted by Gasteiger charge is -2.10. The van der Waals surface area contributed by atoms with Gasteiger partial charge in [0, 0.05) is 0 Å². The first-order valence-electron chi connectivity index (χ1n) is 9.93. The third kappa shape index (κ3) is 4.26. The minimum absolute atomic E-state index is 0.330. The molecule has 158 valence electrons. The quantitative estimate of drug-likeness (QED) is 0.382. The standard InChI is InChI=1S/C26H20F4O/c1-3-22-16(2)24(23-13-6-18(15-25(22)23)26(28,29)30)14-17-4-9-20(10-5-17)31-21-11-7-19(27)8-12-21/h4-15H,3H2,1-2H3/b24-14-. The molecule has 4 rings (SSSR count). The van der Waals surface area contributed by atoms with Crippen molar-refractivity contribution in [3.05, 3.63) is 100 Å². The fourth-order valence-electron chi connectivity index (χ4n) is 3.85. The SMILES string of the molecule is CCC1=C(C)/C(=C/c2ccc(Oc3ccc(F)cc3)cc2)c2ccc(C(F)(F)F)cc21. The first-order valence-corrected chi connectivity index (χ1v) is 9.93. The van der Waals surface area contributed by atoms with Crippen LogP contribution in [0, 0.1) is 5.82 Å². The number of alkyl halides is 3. The Kier molecular flexibility index (Phi) is 5.44. The molecule has 1 nitrogen and oxygen atoms in total. The van der Waals surface area contributed by atoms with Crippen LogP contribution in [0.4, 0.5) is 17.6 Å². The summed E-state index contributed by atoms with van der Waals surface area (Å²) in [7, 11) is 0. The second-order valence-corrected chi connectivity index (χ2v) is 7.40. The number of fused-ring (bicyclic) bond motifs is 1. The summed E-state index contributed by atoms with van der Waals surface area (Å²) < 4.78 is 58.3. The van der Waals surface area contributed by atoms with Crippen LogP contribution in [0.3, 0.4) is 0 Å². The number of rotatable bonds is 4. The van der Waals surface area contributed by atoms with Gasteiger partial charge in [0.25, 0.3) is 0 Å². The lowest BCUT2D eigenvalue weighted by atomic mass is 9.98. The maximum Gasteiger partial charge on any atom is 0.416 e. The second kappa shape index (κ2) is 8.06. The molecule has 0 spiro atoms. The topological polar surface area (TPSA) is 9.23 Å². The molecule has 1 aliphatic rings. The van der Waals surface area contributed by atoms with Gasteiger partial charge in [-0.05, 0) is 101 Å². The van der Waals surface area contributed by atoms with Gasteiger partial charge in [-0.25, -0.2) is 4.39 Å². The van der Waals surface area contributed by atoms with Gasteiger partial charge in [-0.2, -0.15) is 13.2 Å². The fraction of sp³-hybridized carbons (Fsp3) is 0.154. The predicted molar refractivity (Wildman–Crippen MR) is 115 cm³/mol. The van der Waals surface area contributed by atoms with E-state index in [-0.39, 0.29) is 5.82 Å². The first kappa shape index (κ1) is 20.9. The normalized spacial score (nSPS) is 14.8. The Morgan fingerprint density at radius 3 is 2.03 bits per heavy atom. The highest BCUT2D eigenvalue weighted by Gasteiger charge is 2.33. The van der Waals surface area contributed by atoms with Gasteiger partial charge in [-0.3, -0.25) is 0 Å². The van der Waals surface area contributed by atoms with Crippen LogP contribution in [-0.4, -0.2) is 0 Å². The van der Waals surface area contributed by atoms with Crippen molar-refractivity contribution in [3.8, 4) is 11.5 Å². The summed E-state index contributed by atoms with van der Waals surface area (Å²) in [5.41, 5.74) is 4.59. The van der Waals surface area contributed by atoms with Crippen LogP contribution in [0.15, 0.2) is 72.3 Å². The lowest BCUT2D eigenvalue weighted by Crippen LogP contribution is -2.05. The molecule has 5 heteroatoms. The molecule has 1 aliphatic carbocycles. The van der Waals surface area contributed by atoms with Gasteiger partial charge in [0.05, 0.1) is 5.56 Å². The Labute approximate surface area is 178 Å². The Morgan fingerprint density at radius 2 is 1.45 bits per heavy atom. The zero-order valence-corrected chi connectivity index (χ0v) is 17.1. The number of halogens is 4. The van der Waals surface area contributed by atoms with Gasteiger partial charge in [-0.1, -0.05) is 25.1 Å². The van der Waals surface area contributed by atoms with Crippen LogP contribution in [0.1, 0.15) is 42.5 Å². The maximum atomic E-state index is 13.2. The molecule has 0 saturated heterocycles. The Balaban J connectivity index is 1.64. The molecule has 0 aliphatic heterocycles. The zero-order valence-electron chi connectivity index (χ0n) is 17.1. The minimum Gasteiger partial charge on any atom is -0.457 e. The summed E-state index contributed by atoms with van der Waals surface area (Å²) >= 11 is 0. The molecule has 0 aromatic heterocycles. The zero-order chi connectivity index (χ0) is 22.2. The van der Waals surface area contributed by atoms with Crippen molar-refractivity contribution in [3.63, 3.8) is 0 Å². The number of allylic oxidation sites excluding steroid dienone is 3. The Hall–Kier alpha value is -3.34. The highest BCUT2D eigenvalue weighted by atomic mass is 19.4. The van der Waals surface area contributed by atoms with Gasteiger partial charge >= 0.3 is 6.18 Å². The number of hydrogen-bond donors (Lipinski definition) is 0. The van der Waals surface area contributed by atoms with Gasteiger partial charge < -0.3 is 4.74 Å². The molecule has 0 N–H and O–H groups in total. The van der Waals surface area contributed by atoms with Crippen LogP contribution < -0.4 is 4.74 Å². The van der Waals surface area contributed by atoms with Crippen molar-refractivity contribution in [2.24, 2.45) is 0 Å². The highest BCUT2D eigenvalue weighted by molar-refractivity contribution is 6.05. The molecule has 0 fully saturated rings. The Morgan fingerprint density at radius 1 is 0.839 bits per heavy atom. The first-order chi connectivity index (χ1) is 14.8. The number of benzene rings is 3. The van der Waals surface area contributed by atoms with Crippen LogP contribution in [-0.2, 0) is 6.18 Å². The van der Waals surface area contributed by atoms with Crippen LogP contribution in [0.2, 0.25) is 0 Å². The van der Waals surface area contributed by atoms with E-state index < -0.39 is 11.7 Å². The van der Waals surface area contributed by atoms with E-state index in [1.807, 2.05) is 32.1 Å². The number of ether oxygens (including phenoxy) is 1. The second-order valence-electron chi connectivity index (χ2n) is 7.40.